The molecule has 1 heterocycles. The number of ether oxygens (including phenoxy) is 2. The Morgan fingerprint density at radius 3 is 2.54 bits per heavy atom. The minimum absolute atomic E-state index is 0.0208. The second-order valence-corrected chi connectivity index (χ2v) is 10.6. The summed E-state index contributed by atoms with van der Waals surface area (Å²) in [4.78, 5) is 37.5. The highest BCUT2D eigenvalue weighted by atomic mass is 79.9. The monoisotopic (exact) mass is 657 g/mol. The number of nitrogens with zero attached hydrogens (tertiary/aromatic N) is 3. The van der Waals surface area contributed by atoms with Crippen LogP contribution >= 0.6 is 39.3 Å². The second-order valence-electron chi connectivity index (χ2n) is 8.35. The van der Waals surface area contributed by atoms with Gasteiger partial charge in [0.2, 0.25) is 5.91 Å². The van der Waals surface area contributed by atoms with Gasteiger partial charge < -0.3 is 20.1 Å². The summed E-state index contributed by atoms with van der Waals surface area (Å²) in [5, 5.41) is 14.9. The van der Waals surface area contributed by atoms with E-state index < -0.39 is 5.97 Å². The van der Waals surface area contributed by atoms with Crippen molar-refractivity contribution in [1.82, 2.24) is 20.1 Å². The quantitative estimate of drug-likeness (QED) is 0.159. The van der Waals surface area contributed by atoms with Crippen LogP contribution in [0.15, 0.2) is 76.4 Å². The van der Waals surface area contributed by atoms with Gasteiger partial charge in [-0.05, 0) is 61.5 Å². The van der Waals surface area contributed by atoms with E-state index in [1.165, 1.54) is 11.8 Å². The van der Waals surface area contributed by atoms with Crippen molar-refractivity contribution >= 4 is 62.8 Å². The maximum Gasteiger partial charge on any atom is 0.338 e. The molecule has 0 saturated heterocycles. The molecular weight excluding hydrogens is 634 g/mol. The van der Waals surface area contributed by atoms with E-state index in [2.05, 4.69) is 36.8 Å². The fourth-order valence-corrected chi connectivity index (χ4v) is 5.05. The van der Waals surface area contributed by atoms with Crippen molar-refractivity contribution in [2.75, 3.05) is 24.8 Å². The predicted octanol–water partition coefficient (Wildman–Crippen LogP) is 5.53. The van der Waals surface area contributed by atoms with Crippen LogP contribution in [0, 0.1) is 0 Å². The summed E-state index contributed by atoms with van der Waals surface area (Å²) in [6, 6.07) is 18.7. The van der Waals surface area contributed by atoms with E-state index in [4.69, 9.17) is 21.1 Å². The van der Waals surface area contributed by atoms with Crippen LogP contribution in [-0.2, 0) is 16.1 Å². The van der Waals surface area contributed by atoms with Gasteiger partial charge in [-0.15, -0.1) is 10.2 Å². The number of para-hydroxylation sites is 2. The number of anilines is 1. The minimum atomic E-state index is -0.427. The fraction of sp³-hybridized carbons (Fsp3) is 0.179. The van der Waals surface area contributed by atoms with Crippen LogP contribution in [0.2, 0.25) is 5.02 Å². The number of thioether (sulfide) groups is 1. The van der Waals surface area contributed by atoms with Crippen LogP contribution in [0.5, 0.6) is 5.75 Å². The van der Waals surface area contributed by atoms with E-state index in [0.717, 1.165) is 4.47 Å². The molecule has 4 aromatic rings. The number of methoxy groups -OCH3 is 1. The van der Waals surface area contributed by atoms with Crippen LogP contribution in [-0.4, -0.2) is 52.0 Å². The van der Waals surface area contributed by atoms with Gasteiger partial charge in [-0.1, -0.05) is 51.4 Å². The number of esters is 1. The molecule has 0 aliphatic carbocycles. The van der Waals surface area contributed by atoms with Crippen molar-refractivity contribution in [3.63, 3.8) is 0 Å². The third-order valence-corrected chi connectivity index (χ3v) is 7.37. The topological polar surface area (TPSA) is 124 Å². The van der Waals surface area contributed by atoms with Gasteiger partial charge >= 0.3 is 5.97 Å². The number of rotatable bonds is 11. The van der Waals surface area contributed by atoms with Gasteiger partial charge in [-0.3, -0.25) is 14.2 Å². The molecule has 0 aliphatic rings. The molecule has 13 heteroatoms. The van der Waals surface area contributed by atoms with Gasteiger partial charge in [0.05, 0.1) is 47.9 Å². The lowest BCUT2D eigenvalue weighted by atomic mass is 10.2. The zero-order valence-electron chi connectivity index (χ0n) is 22.0. The molecule has 0 atom stereocenters. The summed E-state index contributed by atoms with van der Waals surface area (Å²) in [7, 11) is 1.55. The van der Waals surface area contributed by atoms with Crippen LogP contribution in [0.1, 0.15) is 33.5 Å². The molecule has 0 saturated carbocycles. The van der Waals surface area contributed by atoms with Gasteiger partial charge in [0.15, 0.2) is 11.0 Å². The van der Waals surface area contributed by atoms with E-state index >= 15 is 0 Å². The Morgan fingerprint density at radius 1 is 1.05 bits per heavy atom. The normalized spacial score (nSPS) is 10.6. The number of halogens is 2. The van der Waals surface area contributed by atoms with Crippen molar-refractivity contribution in [3.8, 4) is 11.4 Å². The van der Waals surface area contributed by atoms with Crippen molar-refractivity contribution in [3.05, 3.63) is 93.2 Å². The Labute approximate surface area is 253 Å². The Bertz CT molecular complexity index is 1560. The van der Waals surface area contributed by atoms with Gasteiger partial charge in [-0.2, -0.15) is 0 Å². The molecule has 0 aliphatic heterocycles. The second kappa shape index (κ2) is 14.2. The third kappa shape index (κ3) is 7.66. The molecule has 10 nitrogen and oxygen atoms in total. The molecule has 0 spiro atoms. The van der Waals surface area contributed by atoms with Gasteiger partial charge in [0, 0.05) is 10.2 Å². The lowest BCUT2D eigenvalue weighted by molar-refractivity contribution is -0.113. The largest absolute Gasteiger partial charge is 0.495 e. The van der Waals surface area contributed by atoms with E-state index in [1.54, 1.807) is 67.1 Å². The highest BCUT2D eigenvalue weighted by molar-refractivity contribution is 9.10. The molecule has 41 heavy (non-hydrogen) atoms. The number of aromatic nitrogens is 3. The summed E-state index contributed by atoms with van der Waals surface area (Å²) in [5.41, 5.74) is 1.88. The van der Waals surface area contributed by atoms with Crippen LogP contribution in [0.4, 0.5) is 5.69 Å². The number of carbonyl (C=O) groups excluding carboxylic acids is 3. The summed E-state index contributed by atoms with van der Waals surface area (Å²) < 4.78 is 13.0. The summed E-state index contributed by atoms with van der Waals surface area (Å²) in [5.74, 6) is -0.0915. The van der Waals surface area contributed by atoms with E-state index in [1.807, 2.05) is 18.2 Å². The SMILES string of the molecule is CCOC(=O)c1ccc(NC(=O)CSc2nnc(CNC(=O)c3cc(Br)ccc3Cl)n2-c2ccccc2OC)cc1. The zero-order chi connectivity index (χ0) is 29.4. The van der Waals surface area contributed by atoms with E-state index in [9.17, 15) is 14.4 Å². The molecule has 0 unspecified atom stereocenters. The average Bonchev–Trinajstić information content (AvgIpc) is 3.39. The highest BCUT2D eigenvalue weighted by Gasteiger charge is 2.20. The number of hydrogen-bond donors (Lipinski definition) is 2. The maximum atomic E-state index is 12.9. The van der Waals surface area contributed by atoms with Gasteiger partial charge in [0.1, 0.15) is 5.75 Å². The van der Waals surface area contributed by atoms with Crippen molar-refractivity contribution in [2.45, 2.75) is 18.6 Å². The predicted molar refractivity (Wildman–Crippen MR) is 160 cm³/mol. The van der Waals surface area contributed by atoms with Crippen molar-refractivity contribution in [1.29, 1.82) is 0 Å². The molecule has 3 aromatic carbocycles. The minimum Gasteiger partial charge on any atom is -0.495 e. The average molecular weight is 659 g/mol. The molecule has 212 valence electrons. The lowest BCUT2D eigenvalue weighted by Crippen LogP contribution is -2.25. The van der Waals surface area contributed by atoms with Crippen molar-refractivity contribution in [2.24, 2.45) is 0 Å². The molecule has 2 amide bonds. The van der Waals surface area contributed by atoms with E-state index in [0.29, 0.717) is 44.3 Å². The standard InChI is InChI=1S/C28H25BrClN5O5S/c1-3-40-27(38)17-8-11-19(12-9-17)32-25(36)16-41-28-34-33-24(35(28)22-6-4-5-7-23(22)39-2)15-31-26(37)20-14-18(29)10-13-21(20)30/h4-14H,3,15-16H2,1-2H3,(H,31,37)(H,32,36). The first-order chi connectivity index (χ1) is 19.8. The number of nitrogens with one attached hydrogen (secondary N) is 2. The molecule has 2 N–H and O–H groups in total. The summed E-state index contributed by atoms with van der Waals surface area (Å²) >= 11 is 10.7. The molecule has 0 fully saturated rings. The first-order valence-corrected chi connectivity index (χ1v) is 14.5. The third-order valence-electron chi connectivity index (χ3n) is 5.62. The van der Waals surface area contributed by atoms with Gasteiger partial charge in [-0.25, -0.2) is 4.79 Å². The lowest BCUT2D eigenvalue weighted by Gasteiger charge is -2.14. The Hall–Kier alpha value is -3.87. The summed E-state index contributed by atoms with van der Waals surface area (Å²) in [6.07, 6.45) is 0. The molecule has 0 bridgehead atoms. The maximum absolute atomic E-state index is 12.9. The van der Waals surface area contributed by atoms with Crippen LogP contribution < -0.4 is 15.4 Å². The molecule has 4 rings (SSSR count). The first-order valence-electron chi connectivity index (χ1n) is 12.3. The van der Waals surface area contributed by atoms with Crippen LogP contribution in [0.3, 0.4) is 0 Å². The Balaban J connectivity index is 1.50. The highest BCUT2D eigenvalue weighted by Crippen LogP contribution is 2.29. The number of benzene rings is 3. The number of carbonyl (C=O) groups is 3. The smallest absolute Gasteiger partial charge is 0.338 e. The molecule has 0 radical (unpaired) electrons. The first kappa shape index (κ1) is 30.1. The zero-order valence-corrected chi connectivity index (χ0v) is 25.2. The Kier molecular flexibility index (Phi) is 10.4. The Morgan fingerprint density at radius 2 is 1.80 bits per heavy atom. The molecular formula is C28H25BrClN5O5S. The van der Waals surface area contributed by atoms with Crippen LogP contribution in [0.25, 0.3) is 5.69 Å². The van der Waals surface area contributed by atoms with E-state index in [-0.39, 0.29) is 30.7 Å². The van der Waals surface area contributed by atoms with Gasteiger partial charge in [0.25, 0.3) is 5.91 Å². The molecule has 1 aromatic heterocycles. The fourth-order valence-electron chi connectivity index (χ4n) is 3.72. The summed E-state index contributed by atoms with van der Waals surface area (Å²) in [6.45, 7) is 2.05. The number of amides is 2. The number of hydrogen-bond acceptors (Lipinski definition) is 8. The van der Waals surface area contributed by atoms with Crippen molar-refractivity contribution < 1.29 is 23.9 Å².